The van der Waals surface area contributed by atoms with E-state index in [0.717, 1.165) is 12.3 Å². The molecule has 1 saturated carbocycles. The van der Waals surface area contributed by atoms with Gasteiger partial charge in [0.05, 0.1) is 5.56 Å². The number of fused-ring (bicyclic) bond motifs is 3. The fraction of sp³-hybridized carbons (Fsp3) is 0.346. The molecule has 1 heterocycles. The molecule has 0 atom stereocenters. The van der Waals surface area contributed by atoms with Crippen LogP contribution in [0.15, 0.2) is 48.7 Å². The Bertz CT molecular complexity index is 1040. The van der Waals surface area contributed by atoms with Crippen molar-refractivity contribution < 1.29 is 4.57 Å². The Labute approximate surface area is 162 Å². The number of aryl methyl sites for hydroxylation is 3. The largest absolute Gasteiger partial charge is 0.213 e. The summed E-state index contributed by atoms with van der Waals surface area (Å²) in [5.74, 6) is 0.749. The highest BCUT2D eigenvalue weighted by atomic mass is 14.9. The van der Waals surface area contributed by atoms with E-state index in [1.54, 1.807) is 5.56 Å². The van der Waals surface area contributed by atoms with Crippen LogP contribution in [0.2, 0.25) is 0 Å². The van der Waals surface area contributed by atoms with Gasteiger partial charge in [0.15, 0.2) is 6.20 Å². The van der Waals surface area contributed by atoms with Crippen LogP contribution in [-0.2, 0) is 13.5 Å². The first-order valence-corrected chi connectivity index (χ1v) is 10.3. The number of benzene rings is 2. The van der Waals surface area contributed by atoms with Crippen molar-refractivity contribution in [2.75, 3.05) is 0 Å². The van der Waals surface area contributed by atoms with E-state index in [1.807, 2.05) is 0 Å². The molecule has 1 fully saturated rings. The first kappa shape index (κ1) is 16.7. The predicted molar refractivity (Wildman–Crippen MR) is 112 cm³/mol. The molecular weight excluding hydrogens is 326 g/mol. The van der Waals surface area contributed by atoms with Gasteiger partial charge in [0, 0.05) is 11.6 Å². The van der Waals surface area contributed by atoms with Crippen molar-refractivity contribution in [1.82, 2.24) is 0 Å². The minimum Gasteiger partial charge on any atom is -0.201 e. The molecule has 0 unspecified atom stereocenters. The second-order valence-corrected chi connectivity index (χ2v) is 8.51. The molecular formula is C26H28N+. The fourth-order valence-corrected chi connectivity index (χ4v) is 5.41. The van der Waals surface area contributed by atoms with Gasteiger partial charge >= 0.3 is 0 Å². The van der Waals surface area contributed by atoms with Crippen LogP contribution in [0.25, 0.3) is 22.4 Å². The van der Waals surface area contributed by atoms with Crippen molar-refractivity contribution in [2.24, 2.45) is 7.05 Å². The molecule has 1 aromatic heterocycles. The molecule has 2 aliphatic rings. The summed E-state index contributed by atoms with van der Waals surface area (Å²) in [6.45, 7) is 4.56. The van der Waals surface area contributed by atoms with E-state index >= 15 is 0 Å². The molecule has 5 rings (SSSR count). The molecule has 0 bridgehead atoms. The van der Waals surface area contributed by atoms with E-state index in [0.29, 0.717) is 0 Å². The molecule has 0 aliphatic heterocycles. The second-order valence-electron chi connectivity index (χ2n) is 8.51. The molecule has 2 aliphatic carbocycles. The first-order valence-electron chi connectivity index (χ1n) is 10.3. The zero-order valence-electron chi connectivity index (χ0n) is 16.7. The third-order valence-corrected chi connectivity index (χ3v) is 6.76. The number of hydrogen-bond donors (Lipinski definition) is 0. The number of rotatable bonds is 2. The van der Waals surface area contributed by atoms with Gasteiger partial charge in [-0.25, -0.2) is 4.57 Å². The first-order chi connectivity index (χ1) is 13.1. The number of hydrogen-bond acceptors (Lipinski definition) is 0. The van der Waals surface area contributed by atoms with E-state index in [4.69, 9.17) is 0 Å². The molecule has 2 aromatic carbocycles. The highest BCUT2D eigenvalue weighted by Gasteiger charge is 2.28. The van der Waals surface area contributed by atoms with Crippen LogP contribution in [0.3, 0.4) is 0 Å². The van der Waals surface area contributed by atoms with Crippen molar-refractivity contribution in [3.63, 3.8) is 0 Å². The van der Waals surface area contributed by atoms with E-state index in [2.05, 4.69) is 74.1 Å². The fourth-order valence-electron chi connectivity index (χ4n) is 5.41. The lowest BCUT2D eigenvalue weighted by Crippen LogP contribution is -2.32. The van der Waals surface area contributed by atoms with Gasteiger partial charge in [-0.05, 0) is 72.4 Å². The Kier molecular flexibility index (Phi) is 3.93. The molecule has 0 spiro atoms. The molecule has 0 N–H and O–H groups in total. The summed E-state index contributed by atoms with van der Waals surface area (Å²) in [5.41, 5.74) is 13.1. The van der Waals surface area contributed by atoms with Crippen molar-refractivity contribution in [1.29, 1.82) is 0 Å². The predicted octanol–water partition coefficient (Wildman–Crippen LogP) is 6.02. The Morgan fingerprint density at radius 3 is 2.48 bits per heavy atom. The number of pyridine rings is 1. The average molecular weight is 355 g/mol. The maximum absolute atomic E-state index is 2.51. The molecule has 1 heteroatoms. The van der Waals surface area contributed by atoms with Gasteiger partial charge in [-0.1, -0.05) is 49.2 Å². The minimum absolute atomic E-state index is 0.749. The van der Waals surface area contributed by atoms with Crippen LogP contribution in [0.1, 0.15) is 59.4 Å². The molecule has 0 radical (unpaired) electrons. The van der Waals surface area contributed by atoms with Crippen molar-refractivity contribution in [2.45, 2.75) is 51.9 Å². The standard InChI is InChI=1S/C26H28N/c1-17-12-13-22-21-11-7-6-10-20(21)14-24(22)26(17)25-15-23(18(2)16-27(25)3)19-8-4-5-9-19/h6-7,10-13,15-16,19H,4-5,8-9,14H2,1-3H3/q+1. The summed E-state index contributed by atoms with van der Waals surface area (Å²) < 4.78 is 2.35. The topological polar surface area (TPSA) is 3.88 Å². The van der Waals surface area contributed by atoms with Crippen LogP contribution in [0.5, 0.6) is 0 Å². The summed E-state index contributed by atoms with van der Waals surface area (Å²) in [6, 6.07) is 16.0. The maximum Gasteiger partial charge on any atom is 0.213 e. The molecule has 0 saturated heterocycles. The average Bonchev–Trinajstić information content (AvgIpc) is 3.30. The van der Waals surface area contributed by atoms with Gasteiger partial charge in [-0.15, -0.1) is 0 Å². The van der Waals surface area contributed by atoms with Crippen LogP contribution in [0, 0.1) is 13.8 Å². The molecule has 0 amide bonds. The summed E-state index contributed by atoms with van der Waals surface area (Å²) in [6.07, 6.45) is 8.88. The minimum atomic E-state index is 0.749. The normalized spacial score (nSPS) is 15.8. The quantitative estimate of drug-likeness (QED) is 0.387. The molecule has 27 heavy (non-hydrogen) atoms. The van der Waals surface area contributed by atoms with Gasteiger partial charge < -0.3 is 0 Å². The van der Waals surface area contributed by atoms with Gasteiger partial charge in [0.25, 0.3) is 0 Å². The van der Waals surface area contributed by atoms with Gasteiger partial charge in [0.2, 0.25) is 5.69 Å². The van der Waals surface area contributed by atoms with E-state index in [-0.39, 0.29) is 0 Å². The van der Waals surface area contributed by atoms with Crippen LogP contribution >= 0.6 is 0 Å². The Hall–Kier alpha value is -2.41. The lowest BCUT2D eigenvalue weighted by molar-refractivity contribution is -0.660. The third kappa shape index (κ3) is 2.64. The van der Waals surface area contributed by atoms with Crippen LogP contribution < -0.4 is 4.57 Å². The number of aromatic nitrogens is 1. The Balaban J connectivity index is 1.71. The highest BCUT2D eigenvalue weighted by Crippen LogP contribution is 2.43. The van der Waals surface area contributed by atoms with E-state index in [1.165, 1.54) is 70.3 Å². The van der Waals surface area contributed by atoms with Crippen molar-refractivity contribution in [3.8, 4) is 22.4 Å². The van der Waals surface area contributed by atoms with Crippen LogP contribution in [-0.4, -0.2) is 0 Å². The van der Waals surface area contributed by atoms with Gasteiger partial charge in [-0.2, -0.15) is 0 Å². The smallest absolute Gasteiger partial charge is 0.201 e. The van der Waals surface area contributed by atoms with Crippen molar-refractivity contribution >= 4 is 0 Å². The Morgan fingerprint density at radius 2 is 1.67 bits per heavy atom. The number of nitrogens with zero attached hydrogens (tertiary/aromatic N) is 1. The lowest BCUT2D eigenvalue weighted by atomic mass is 9.89. The summed E-state index contributed by atoms with van der Waals surface area (Å²) in [7, 11) is 2.21. The summed E-state index contributed by atoms with van der Waals surface area (Å²) in [4.78, 5) is 0. The second kappa shape index (κ2) is 6.34. The van der Waals surface area contributed by atoms with Crippen molar-refractivity contribution in [3.05, 3.63) is 76.5 Å². The third-order valence-electron chi connectivity index (χ3n) is 6.76. The highest BCUT2D eigenvalue weighted by molar-refractivity contribution is 5.85. The SMILES string of the molecule is Cc1c[n+](C)c(-c2c(C)ccc3c2Cc2ccccc2-3)cc1C1CCCC1. The summed E-state index contributed by atoms with van der Waals surface area (Å²) in [5, 5.41) is 0. The van der Waals surface area contributed by atoms with E-state index in [9.17, 15) is 0 Å². The molecule has 1 nitrogen and oxygen atoms in total. The summed E-state index contributed by atoms with van der Waals surface area (Å²) >= 11 is 0. The zero-order valence-corrected chi connectivity index (χ0v) is 16.7. The van der Waals surface area contributed by atoms with Crippen LogP contribution in [0.4, 0.5) is 0 Å². The van der Waals surface area contributed by atoms with Gasteiger partial charge in [-0.3, -0.25) is 0 Å². The Morgan fingerprint density at radius 1 is 0.889 bits per heavy atom. The molecule has 136 valence electrons. The maximum atomic E-state index is 2.51. The van der Waals surface area contributed by atoms with E-state index < -0.39 is 0 Å². The lowest BCUT2D eigenvalue weighted by Gasteiger charge is -2.16. The monoisotopic (exact) mass is 354 g/mol. The molecule has 3 aromatic rings. The zero-order chi connectivity index (χ0) is 18.5. The van der Waals surface area contributed by atoms with Gasteiger partial charge in [0.1, 0.15) is 7.05 Å².